The molecule has 0 spiro atoms. The monoisotopic (exact) mass is 264 g/mol. The predicted molar refractivity (Wildman–Crippen MR) is 67.8 cm³/mol. The van der Waals surface area contributed by atoms with Gasteiger partial charge in [-0.2, -0.15) is 0 Å². The highest BCUT2D eigenvalue weighted by Gasteiger charge is 2.40. The van der Waals surface area contributed by atoms with Crippen LogP contribution in [0, 0.1) is 17.2 Å². The third kappa shape index (κ3) is 2.64. The molecule has 0 aliphatic carbocycles. The fraction of sp³-hybridized carbons (Fsp3) is 0.500. The SMILES string of the molecule is CC(C)(C)C1CC(=O)N(C(=O)c2ccncc2F)C1. The largest absolute Gasteiger partial charge is 0.278 e. The predicted octanol–water partition coefficient (Wildman–Crippen LogP) is 2.26. The lowest BCUT2D eigenvalue weighted by atomic mass is 9.80. The summed E-state index contributed by atoms with van der Waals surface area (Å²) in [5.41, 5.74) is -0.153. The van der Waals surface area contributed by atoms with Crippen molar-refractivity contribution in [2.75, 3.05) is 6.54 Å². The van der Waals surface area contributed by atoms with Crippen LogP contribution in [0.1, 0.15) is 37.6 Å². The van der Waals surface area contributed by atoms with Crippen LogP contribution in [0.2, 0.25) is 0 Å². The van der Waals surface area contributed by atoms with E-state index in [-0.39, 0.29) is 22.8 Å². The highest BCUT2D eigenvalue weighted by atomic mass is 19.1. The van der Waals surface area contributed by atoms with Gasteiger partial charge in [-0.25, -0.2) is 4.39 Å². The number of hydrogen-bond donors (Lipinski definition) is 0. The molecule has 0 bridgehead atoms. The summed E-state index contributed by atoms with van der Waals surface area (Å²) in [5, 5.41) is 0. The first-order chi connectivity index (χ1) is 8.80. The molecular weight excluding hydrogens is 247 g/mol. The van der Waals surface area contributed by atoms with E-state index in [4.69, 9.17) is 0 Å². The fourth-order valence-corrected chi connectivity index (χ4v) is 2.18. The molecule has 1 unspecified atom stereocenters. The molecule has 2 rings (SSSR count). The fourth-order valence-electron chi connectivity index (χ4n) is 2.18. The van der Waals surface area contributed by atoms with Crippen LogP contribution in [-0.2, 0) is 4.79 Å². The molecule has 1 aromatic rings. The molecule has 1 atom stereocenters. The maximum atomic E-state index is 13.5. The average Bonchev–Trinajstić information content (AvgIpc) is 2.71. The van der Waals surface area contributed by atoms with Crippen LogP contribution in [-0.4, -0.2) is 28.2 Å². The summed E-state index contributed by atoms with van der Waals surface area (Å²) < 4.78 is 13.5. The van der Waals surface area contributed by atoms with Crippen molar-refractivity contribution in [3.63, 3.8) is 0 Å². The van der Waals surface area contributed by atoms with E-state index in [1.807, 2.05) is 20.8 Å². The molecule has 19 heavy (non-hydrogen) atoms. The Morgan fingerprint density at radius 2 is 2.16 bits per heavy atom. The highest BCUT2D eigenvalue weighted by molar-refractivity contribution is 6.05. The molecule has 1 fully saturated rings. The van der Waals surface area contributed by atoms with Crippen molar-refractivity contribution in [3.8, 4) is 0 Å². The zero-order valence-electron chi connectivity index (χ0n) is 11.3. The van der Waals surface area contributed by atoms with Crippen molar-refractivity contribution < 1.29 is 14.0 Å². The Morgan fingerprint density at radius 1 is 1.47 bits per heavy atom. The maximum Gasteiger partial charge on any atom is 0.263 e. The summed E-state index contributed by atoms with van der Waals surface area (Å²) in [6, 6.07) is 1.30. The van der Waals surface area contributed by atoms with Crippen LogP contribution in [0.15, 0.2) is 18.5 Å². The molecule has 102 valence electrons. The number of amides is 2. The summed E-state index contributed by atoms with van der Waals surface area (Å²) in [5.74, 6) is -1.40. The quantitative estimate of drug-likeness (QED) is 0.731. The number of likely N-dealkylation sites (tertiary alicyclic amines) is 1. The number of hydrogen-bond acceptors (Lipinski definition) is 3. The van der Waals surface area contributed by atoms with Gasteiger partial charge in [0.05, 0.1) is 11.8 Å². The van der Waals surface area contributed by atoms with Crippen molar-refractivity contribution >= 4 is 11.8 Å². The van der Waals surface area contributed by atoms with E-state index in [0.29, 0.717) is 13.0 Å². The van der Waals surface area contributed by atoms with Crippen molar-refractivity contribution in [2.24, 2.45) is 11.3 Å². The third-order valence-electron chi connectivity index (χ3n) is 3.60. The topological polar surface area (TPSA) is 50.3 Å². The van der Waals surface area contributed by atoms with Gasteiger partial charge in [0.25, 0.3) is 5.91 Å². The van der Waals surface area contributed by atoms with Crippen LogP contribution < -0.4 is 0 Å². The van der Waals surface area contributed by atoms with Gasteiger partial charge in [0, 0.05) is 19.2 Å². The molecule has 1 aliphatic heterocycles. The molecule has 2 amide bonds. The molecule has 1 aliphatic rings. The van der Waals surface area contributed by atoms with Gasteiger partial charge >= 0.3 is 0 Å². The number of imide groups is 1. The van der Waals surface area contributed by atoms with Gasteiger partial charge in [-0.05, 0) is 17.4 Å². The third-order valence-corrected chi connectivity index (χ3v) is 3.60. The van der Waals surface area contributed by atoms with Gasteiger partial charge in [-0.15, -0.1) is 0 Å². The van der Waals surface area contributed by atoms with E-state index in [1.54, 1.807) is 0 Å². The standard InChI is InChI=1S/C14H17FN2O2/c1-14(2,3)9-6-12(18)17(8-9)13(19)10-4-5-16-7-11(10)15/h4-5,7,9H,6,8H2,1-3H3. The number of carbonyl (C=O) groups is 2. The molecule has 4 nitrogen and oxygen atoms in total. The molecule has 2 heterocycles. The average molecular weight is 264 g/mol. The van der Waals surface area contributed by atoms with Crippen molar-refractivity contribution in [2.45, 2.75) is 27.2 Å². The number of carbonyl (C=O) groups excluding carboxylic acids is 2. The van der Waals surface area contributed by atoms with Crippen molar-refractivity contribution in [1.82, 2.24) is 9.88 Å². The number of rotatable bonds is 1. The van der Waals surface area contributed by atoms with Crippen molar-refractivity contribution in [3.05, 3.63) is 29.8 Å². The number of aromatic nitrogens is 1. The summed E-state index contributed by atoms with van der Waals surface area (Å²) in [7, 11) is 0. The van der Waals surface area contributed by atoms with Gasteiger partial charge in [-0.1, -0.05) is 20.8 Å². The zero-order chi connectivity index (χ0) is 14.2. The first kappa shape index (κ1) is 13.6. The van der Waals surface area contributed by atoms with Crippen LogP contribution in [0.4, 0.5) is 4.39 Å². The number of pyridine rings is 1. The normalized spacial score (nSPS) is 19.9. The summed E-state index contributed by atoms with van der Waals surface area (Å²) in [6.45, 7) is 6.45. The molecule has 0 saturated carbocycles. The van der Waals surface area contributed by atoms with Gasteiger partial charge in [0.15, 0.2) is 5.82 Å². The Balaban J connectivity index is 2.22. The first-order valence-electron chi connectivity index (χ1n) is 6.25. The molecule has 1 aromatic heterocycles. The lowest BCUT2D eigenvalue weighted by Gasteiger charge is -2.26. The van der Waals surface area contributed by atoms with Gasteiger partial charge in [0.1, 0.15) is 0 Å². The Labute approximate surface area is 111 Å². The Bertz CT molecular complexity index is 522. The lowest BCUT2D eigenvalue weighted by Crippen LogP contribution is -2.34. The lowest BCUT2D eigenvalue weighted by molar-refractivity contribution is -0.125. The summed E-state index contributed by atoms with van der Waals surface area (Å²) in [6.07, 6.45) is 2.66. The molecular formula is C14H17FN2O2. The van der Waals surface area contributed by atoms with Crippen LogP contribution in [0.3, 0.4) is 0 Å². The van der Waals surface area contributed by atoms with E-state index in [0.717, 1.165) is 11.1 Å². The van der Waals surface area contributed by atoms with Gasteiger partial charge in [0.2, 0.25) is 5.91 Å². The number of nitrogens with zero attached hydrogens (tertiary/aromatic N) is 2. The van der Waals surface area contributed by atoms with Crippen LogP contribution >= 0.6 is 0 Å². The smallest absolute Gasteiger partial charge is 0.263 e. The van der Waals surface area contributed by atoms with E-state index >= 15 is 0 Å². The highest BCUT2D eigenvalue weighted by Crippen LogP contribution is 2.34. The summed E-state index contributed by atoms with van der Waals surface area (Å²) in [4.78, 5) is 28.9. The van der Waals surface area contributed by atoms with E-state index in [1.165, 1.54) is 12.3 Å². The van der Waals surface area contributed by atoms with Crippen LogP contribution in [0.25, 0.3) is 0 Å². The zero-order valence-corrected chi connectivity index (χ0v) is 11.3. The van der Waals surface area contributed by atoms with E-state index < -0.39 is 11.7 Å². The minimum atomic E-state index is -0.695. The second kappa shape index (κ2) is 4.72. The molecule has 5 heteroatoms. The van der Waals surface area contributed by atoms with E-state index in [2.05, 4.69) is 4.98 Å². The number of halogens is 1. The van der Waals surface area contributed by atoms with Crippen molar-refractivity contribution in [1.29, 1.82) is 0 Å². The first-order valence-corrected chi connectivity index (χ1v) is 6.25. The molecule has 0 radical (unpaired) electrons. The summed E-state index contributed by atoms with van der Waals surface area (Å²) >= 11 is 0. The van der Waals surface area contributed by atoms with Crippen LogP contribution in [0.5, 0.6) is 0 Å². The van der Waals surface area contributed by atoms with E-state index in [9.17, 15) is 14.0 Å². The molecule has 0 N–H and O–H groups in total. The minimum absolute atomic E-state index is 0.0541. The minimum Gasteiger partial charge on any atom is -0.278 e. The Kier molecular flexibility index (Phi) is 3.39. The van der Waals surface area contributed by atoms with Gasteiger partial charge < -0.3 is 0 Å². The molecule has 0 aromatic carbocycles. The van der Waals surface area contributed by atoms with Gasteiger partial charge in [-0.3, -0.25) is 19.5 Å². The Hall–Kier alpha value is -1.78. The molecule has 1 saturated heterocycles. The second-order valence-corrected chi connectivity index (χ2v) is 5.93. The second-order valence-electron chi connectivity index (χ2n) is 5.93. The Morgan fingerprint density at radius 3 is 2.68 bits per heavy atom. The maximum absolute atomic E-state index is 13.5.